The number of aromatic nitrogens is 2. The summed E-state index contributed by atoms with van der Waals surface area (Å²) in [5.74, 6) is -2.21. The summed E-state index contributed by atoms with van der Waals surface area (Å²) in [5, 5.41) is 15.5. The SMILES string of the molecule is CNC(=O)[C@@H](CC(=O)N1C[C@H](Oc2cc(-c3csc(NC(C)C)n3)nc3cc(OC)ccc23)C[C@H]1C(=O)N[C@]12C[C@H]1/C=C\CCCCCNc1ccccc1S(=O)(=O)NC2=O)CC(C)C. The lowest BCUT2D eigenvalue weighted by Gasteiger charge is -2.28. The molecule has 2 fully saturated rings. The van der Waals surface area contributed by atoms with Gasteiger partial charge in [-0.05, 0) is 76.1 Å². The summed E-state index contributed by atoms with van der Waals surface area (Å²) in [5.41, 5.74) is 0.529. The van der Waals surface area contributed by atoms with Gasteiger partial charge in [0.1, 0.15) is 39.8 Å². The highest BCUT2D eigenvalue weighted by atomic mass is 32.2. The number of carbonyl (C=O) groups is 4. The number of nitrogens with one attached hydrogen (secondary N) is 5. The molecule has 5 N–H and O–H groups in total. The van der Waals surface area contributed by atoms with Crippen molar-refractivity contribution in [3.8, 4) is 22.9 Å². The van der Waals surface area contributed by atoms with Crippen LogP contribution in [-0.4, -0.2) is 97.9 Å². The maximum Gasteiger partial charge on any atom is 0.266 e. The van der Waals surface area contributed by atoms with Crippen molar-refractivity contribution in [2.24, 2.45) is 17.8 Å². The molecule has 16 nitrogen and oxygen atoms in total. The van der Waals surface area contributed by atoms with Crippen LogP contribution in [0.1, 0.15) is 79.1 Å². The molecule has 4 heterocycles. The van der Waals surface area contributed by atoms with E-state index in [0.29, 0.717) is 52.4 Å². The third-order valence-electron chi connectivity index (χ3n) is 12.0. The Morgan fingerprint density at radius 1 is 1.03 bits per heavy atom. The zero-order chi connectivity index (χ0) is 46.5. The van der Waals surface area contributed by atoms with E-state index in [1.54, 1.807) is 43.5 Å². The molecule has 2 aromatic carbocycles. The Morgan fingerprint density at radius 3 is 2.58 bits per heavy atom. The van der Waals surface area contributed by atoms with Crippen LogP contribution in [0.3, 0.4) is 0 Å². The number of para-hydroxylation sites is 1. The first-order valence-corrected chi connectivity index (χ1v) is 24.7. The van der Waals surface area contributed by atoms with Crippen molar-refractivity contribution in [2.75, 3.05) is 37.9 Å². The van der Waals surface area contributed by atoms with Crippen LogP contribution in [0.2, 0.25) is 0 Å². The van der Waals surface area contributed by atoms with Gasteiger partial charge in [0.05, 0.1) is 30.6 Å². The highest BCUT2D eigenvalue weighted by Gasteiger charge is 2.61. The highest BCUT2D eigenvalue weighted by molar-refractivity contribution is 7.90. The predicted octanol–water partition coefficient (Wildman–Crippen LogP) is 6.26. The van der Waals surface area contributed by atoms with Gasteiger partial charge in [0, 0.05) is 67.2 Å². The van der Waals surface area contributed by atoms with Crippen molar-refractivity contribution < 1.29 is 37.1 Å². The lowest BCUT2D eigenvalue weighted by atomic mass is 9.92. The molecular formula is C47H60N8O8S2. The zero-order valence-electron chi connectivity index (χ0n) is 37.8. The van der Waals surface area contributed by atoms with Gasteiger partial charge in [-0.25, -0.2) is 23.1 Å². The molecule has 1 saturated heterocycles. The number of amides is 4. The normalized spacial score (nSPS) is 22.9. The Balaban J connectivity index is 1.21. The fraction of sp³-hybridized carbons (Fsp3) is 0.489. The summed E-state index contributed by atoms with van der Waals surface area (Å²) in [6.45, 7) is 8.56. The lowest BCUT2D eigenvalue weighted by Crippen LogP contribution is -2.56. The van der Waals surface area contributed by atoms with E-state index in [-0.39, 0.29) is 48.6 Å². The van der Waals surface area contributed by atoms with Gasteiger partial charge < -0.3 is 35.6 Å². The molecule has 348 valence electrons. The first kappa shape index (κ1) is 47.2. The summed E-state index contributed by atoms with van der Waals surface area (Å²) in [4.78, 5) is 67.7. The van der Waals surface area contributed by atoms with Crippen molar-refractivity contribution in [3.63, 3.8) is 0 Å². The van der Waals surface area contributed by atoms with Crippen LogP contribution in [0.5, 0.6) is 11.5 Å². The summed E-state index contributed by atoms with van der Waals surface area (Å²) >= 11 is 1.45. The second-order valence-corrected chi connectivity index (χ2v) is 20.3. The number of pyridine rings is 1. The average Bonchev–Trinajstić information content (AvgIpc) is 3.53. The Bertz CT molecular complexity index is 2550. The maximum absolute atomic E-state index is 14.8. The number of thiazole rings is 1. The molecule has 1 saturated carbocycles. The number of ether oxygens (including phenoxy) is 2. The molecule has 0 radical (unpaired) electrons. The van der Waals surface area contributed by atoms with Gasteiger partial charge in [-0.1, -0.05) is 44.6 Å². The van der Waals surface area contributed by atoms with Crippen LogP contribution in [0.15, 0.2) is 71.0 Å². The molecule has 2 aliphatic heterocycles. The summed E-state index contributed by atoms with van der Waals surface area (Å²) in [6.07, 6.45) is 7.00. The topological polar surface area (TPSA) is 210 Å². The third kappa shape index (κ3) is 11.0. The Labute approximate surface area is 384 Å². The van der Waals surface area contributed by atoms with E-state index in [1.807, 2.05) is 51.3 Å². The Kier molecular flexibility index (Phi) is 14.7. The molecule has 4 aromatic rings. The fourth-order valence-electron chi connectivity index (χ4n) is 8.66. The molecule has 18 heteroatoms. The first-order chi connectivity index (χ1) is 31.1. The van der Waals surface area contributed by atoms with Crippen molar-refractivity contribution in [1.29, 1.82) is 0 Å². The second-order valence-electron chi connectivity index (χ2n) is 17.8. The predicted molar refractivity (Wildman–Crippen MR) is 251 cm³/mol. The molecule has 2 aromatic heterocycles. The van der Waals surface area contributed by atoms with Gasteiger partial charge in [-0.3, -0.25) is 19.2 Å². The lowest BCUT2D eigenvalue weighted by molar-refractivity contribution is -0.142. The second kappa shape index (κ2) is 20.2. The van der Waals surface area contributed by atoms with Crippen molar-refractivity contribution in [1.82, 2.24) is 30.2 Å². The van der Waals surface area contributed by atoms with Crippen LogP contribution in [-0.2, 0) is 29.2 Å². The zero-order valence-corrected chi connectivity index (χ0v) is 39.4. The van der Waals surface area contributed by atoms with Gasteiger partial charge in [-0.15, -0.1) is 11.3 Å². The number of benzene rings is 2. The number of fused-ring (bicyclic) bond motifs is 3. The number of rotatable bonds is 13. The van der Waals surface area contributed by atoms with Gasteiger partial charge in [0.2, 0.25) is 17.7 Å². The maximum atomic E-state index is 14.8. The van der Waals surface area contributed by atoms with E-state index in [4.69, 9.17) is 19.4 Å². The van der Waals surface area contributed by atoms with Gasteiger partial charge in [0.25, 0.3) is 15.9 Å². The number of hydrogen-bond acceptors (Lipinski definition) is 13. The van der Waals surface area contributed by atoms with Crippen LogP contribution in [0.25, 0.3) is 22.3 Å². The number of carbonyl (C=O) groups excluding carboxylic acids is 4. The van der Waals surface area contributed by atoms with Gasteiger partial charge in [0.15, 0.2) is 5.13 Å². The van der Waals surface area contributed by atoms with Crippen molar-refractivity contribution >= 4 is 66.7 Å². The minimum atomic E-state index is -4.38. The Hall–Kier alpha value is -5.75. The summed E-state index contributed by atoms with van der Waals surface area (Å²) in [7, 11) is -1.28. The molecule has 1 aliphatic carbocycles. The largest absolute Gasteiger partial charge is 0.497 e. The smallest absolute Gasteiger partial charge is 0.266 e. The number of likely N-dealkylation sites (tertiary alicyclic amines) is 1. The fourth-order valence-corrected chi connectivity index (χ4v) is 10.7. The minimum Gasteiger partial charge on any atom is -0.497 e. The molecule has 0 spiro atoms. The third-order valence-corrected chi connectivity index (χ3v) is 14.2. The molecule has 0 unspecified atom stereocenters. The van der Waals surface area contributed by atoms with E-state index in [9.17, 15) is 27.6 Å². The van der Waals surface area contributed by atoms with Crippen LogP contribution in [0, 0.1) is 17.8 Å². The molecule has 65 heavy (non-hydrogen) atoms. The molecule has 0 bridgehead atoms. The quantitative estimate of drug-likeness (QED) is 0.0942. The number of sulfonamides is 1. The highest BCUT2D eigenvalue weighted by Crippen LogP contribution is 2.46. The van der Waals surface area contributed by atoms with Gasteiger partial charge >= 0.3 is 0 Å². The molecule has 5 atom stereocenters. The standard InChI is InChI=1S/C47H60N8O8S2/c1-28(2)20-30(43(57)48-5)21-42(56)55-26-33(63-40-24-37(38-27-64-46(52-38)50-29(3)4)51-36-22-32(62-6)17-18-34(36)40)23-39(55)44(58)53-47-25-31(47)14-10-8-7-9-13-19-49-35-15-11-12-16-41(35)65(60,61)54-45(47)59/h10-12,14-18,22,24,27-31,33,39,49H,7-9,13,19-21,23,25-26H2,1-6H3,(H,48,57)(H,50,52)(H,53,58)(H,54,59)/b14-10-/t30-,31-,33-,39+,47-/m1/s1. The Morgan fingerprint density at radius 2 is 1.83 bits per heavy atom. The van der Waals surface area contributed by atoms with E-state index in [2.05, 4.69) is 26.0 Å². The first-order valence-electron chi connectivity index (χ1n) is 22.4. The number of allylic oxidation sites excluding steroid dienone is 1. The number of anilines is 2. The van der Waals surface area contributed by atoms with E-state index >= 15 is 0 Å². The summed E-state index contributed by atoms with van der Waals surface area (Å²) < 4.78 is 42.3. The monoisotopic (exact) mass is 928 g/mol. The van der Waals surface area contributed by atoms with E-state index in [0.717, 1.165) is 30.8 Å². The molecule has 3 aliphatic rings. The van der Waals surface area contributed by atoms with Crippen molar-refractivity contribution in [3.05, 3.63) is 66.1 Å². The molecule has 4 amide bonds. The van der Waals surface area contributed by atoms with Crippen LogP contribution >= 0.6 is 11.3 Å². The van der Waals surface area contributed by atoms with E-state index in [1.165, 1.54) is 29.4 Å². The van der Waals surface area contributed by atoms with E-state index < -0.39 is 57.3 Å². The number of methoxy groups -OCH3 is 1. The average molecular weight is 929 g/mol. The number of nitrogens with zero attached hydrogens (tertiary/aromatic N) is 3. The number of hydrogen-bond donors (Lipinski definition) is 5. The molecular weight excluding hydrogens is 869 g/mol. The van der Waals surface area contributed by atoms with Gasteiger partial charge in [-0.2, -0.15) is 0 Å². The van der Waals surface area contributed by atoms with Crippen LogP contribution in [0.4, 0.5) is 10.8 Å². The molecule has 7 rings (SSSR count). The minimum absolute atomic E-state index is 0.00574. The summed E-state index contributed by atoms with van der Waals surface area (Å²) in [6, 6.07) is 12.7. The van der Waals surface area contributed by atoms with Crippen molar-refractivity contribution in [2.45, 2.75) is 108 Å². The van der Waals surface area contributed by atoms with Crippen LogP contribution < -0.4 is 35.5 Å².